The lowest BCUT2D eigenvalue weighted by atomic mass is 10.0. The molecular weight excluding hydrogens is 258 g/mol. The van der Waals surface area contributed by atoms with Gasteiger partial charge in [0.2, 0.25) is 5.91 Å². The van der Waals surface area contributed by atoms with Crippen molar-refractivity contribution in [2.45, 2.75) is 53.0 Å². The summed E-state index contributed by atoms with van der Waals surface area (Å²) < 4.78 is 0. The third-order valence-corrected chi connectivity index (χ3v) is 4.49. The lowest BCUT2D eigenvalue weighted by molar-refractivity contribution is -0.122. The van der Waals surface area contributed by atoms with E-state index in [1.807, 2.05) is 20.8 Å². The molecule has 0 saturated heterocycles. The van der Waals surface area contributed by atoms with E-state index in [9.17, 15) is 4.79 Å². The Morgan fingerprint density at radius 3 is 2.58 bits per heavy atom. The molecule has 1 rings (SSSR count). The molecule has 1 amide bonds. The second kappa shape index (κ2) is 7.60. The third kappa shape index (κ3) is 5.28. The van der Waals surface area contributed by atoms with Crippen molar-refractivity contribution in [1.82, 2.24) is 10.3 Å². The molecule has 1 aromatic heterocycles. The van der Waals surface area contributed by atoms with Gasteiger partial charge in [-0.2, -0.15) is 0 Å². The van der Waals surface area contributed by atoms with Crippen LogP contribution >= 0.6 is 11.3 Å². The quantitative estimate of drug-likeness (QED) is 0.808. The van der Waals surface area contributed by atoms with Gasteiger partial charge in [-0.3, -0.25) is 4.79 Å². The minimum absolute atomic E-state index is 0.0449. The number of carbonyl (C=O) groups excluding carboxylic acids is 1. The van der Waals surface area contributed by atoms with Gasteiger partial charge < -0.3 is 11.1 Å². The molecule has 3 N–H and O–H groups in total. The fraction of sp³-hybridized carbons (Fsp3) is 0.714. The first-order valence-electron chi connectivity index (χ1n) is 6.87. The topological polar surface area (TPSA) is 68.0 Å². The fourth-order valence-corrected chi connectivity index (χ4v) is 3.06. The largest absolute Gasteiger partial charge is 0.349 e. The van der Waals surface area contributed by atoms with Gasteiger partial charge in [-0.15, -0.1) is 11.3 Å². The molecule has 2 unspecified atom stereocenters. The molecule has 0 aromatic carbocycles. The average molecular weight is 283 g/mol. The molecule has 19 heavy (non-hydrogen) atoms. The summed E-state index contributed by atoms with van der Waals surface area (Å²) >= 11 is 1.65. The van der Waals surface area contributed by atoms with Crippen molar-refractivity contribution in [1.29, 1.82) is 0 Å². The summed E-state index contributed by atoms with van der Waals surface area (Å²) in [5.74, 6) is 0.625. The normalized spacial score (nSPS) is 14.2. The Kier molecular flexibility index (Phi) is 6.45. The van der Waals surface area contributed by atoms with E-state index in [0.29, 0.717) is 18.9 Å². The molecule has 0 radical (unpaired) electrons. The highest BCUT2D eigenvalue weighted by Crippen LogP contribution is 2.24. The van der Waals surface area contributed by atoms with Gasteiger partial charge in [0.25, 0.3) is 0 Å². The highest BCUT2D eigenvalue weighted by molar-refractivity contribution is 7.11. The molecule has 1 heterocycles. The summed E-state index contributed by atoms with van der Waals surface area (Å²) in [6.45, 7) is 8.83. The third-order valence-electron chi connectivity index (χ3n) is 3.23. The van der Waals surface area contributed by atoms with E-state index in [-0.39, 0.29) is 11.9 Å². The van der Waals surface area contributed by atoms with Gasteiger partial charge in [0, 0.05) is 11.3 Å². The number of nitrogens with zero attached hydrogens (tertiary/aromatic N) is 1. The number of carbonyl (C=O) groups is 1. The zero-order valence-corrected chi connectivity index (χ0v) is 13.1. The molecule has 108 valence electrons. The summed E-state index contributed by atoms with van der Waals surface area (Å²) in [6.07, 6.45) is 2.45. The molecule has 4 nitrogen and oxygen atoms in total. The number of nitrogens with two attached hydrogens (primary N) is 1. The van der Waals surface area contributed by atoms with Crippen LogP contribution in [0.5, 0.6) is 0 Å². The maximum absolute atomic E-state index is 11.9. The molecule has 0 saturated carbocycles. The Hall–Kier alpha value is -0.940. The number of amides is 1. The van der Waals surface area contributed by atoms with Crippen LogP contribution in [0.15, 0.2) is 0 Å². The summed E-state index contributed by atoms with van der Waals surface area (Å²) in [5.41, 5.74) is 6.53. The predicted octanol–water partition coefficient (Wildman–Crippen LogP) is 2.70. The van der Waals surface area contributed by atoms with Crippen LogP contribution in [0.3, 0.4) is 0 Å². The highest BCUT2D eigenvalue weighted by atomic mass is 32.1. The van der Waals surface area contributed by atoms with E-state index in [1.54, 1.807) is 11.3 Å². The van der Waals surface area contributed by atoms with Crippen molar-refractivity contribution in [3.05, 3.63) is 15.6 Å². The lowest BCUT2D eigenvalue weighted by Crippen LogP contribution is -2.26. The van der Waals surface area contributed by atoms with Crippen molar-refractivity contribution < 1.29 is 4.79 Å². The summed E-state index contributed by atoms with van der Waals surface area (Å²) in [4.78, 5) is 17.4. The van der Waals surface area contributed by atoms with Crippen LogP contribution in [0.25, 0.3) is 0 Å². The van der Waals surface area contributed by atoms with Crippen LogP contribution < -0.4 is 11.1 Å². The molecule has 0 spiro atoms. The first-order chi connectivity index (χ1) is 8.93. The smallest absolute Gasteiger partial charge is 0.220 e. The molecule has 0 aliphatic heterocycles. The first kappa shape index (κ1) is 16.1. The first-order valence-corrected chi connectivity index (χ1v) is 7.69. The predicted molar refractivity (Wildman–Crippen MR) is 80.2 cm³/mol. The van der Waals surface area contributed by atoms with Crippen molar-refractivity contribution in [2.75, 3.05) is 6.54 Å². The molecule has 1 aromatic rings. The highest BCUT2D eigenvalue weighted by Gasteiger charge is 2.15. The Morgan fingerprint density at radius 1 is 1.37 bits per heavy atom. The monoisotopic (exact) mass is 283 g/mol. The maximum Gasteiger partial charge on any atom is 0.220 e. The zero-order chi connectivity index (χ0) is 14.4. The second-order valence-corrected chi connectivity index (χ2v) is 6.43. The van der Waals surface area contributed by atoms with Crippen LogP contribution in [0.4, 0.5) is 0 Å². The Balaban J connectivity index is 2.42. The number of nitrogens with one attached hydrogen (secondary N) is 1. The van der Waals surface area contributed by atoms with E-state index in [0.717, 1.165) is 28.4 Å². The van der Waals surface area contributed by atoms with E-state index < -0.39 is 0 Å². The van der Waals surface area contributed by atoms with Crippen LogP contribution in [-0.4, -0.2) is 17.4 Å². The Labute approximate surface area is 119 Å². The van der Waals surface area contributed by atoms with Crippen molar-refractivity contribution in [3.63, 3.8) is 0 Å². The number of rotatable bonds is 7. The van der Waals surface area contributed by atoms with E-state index in [1.165, 1.54) is 0 Å². The summed E-state index contributed by atoms with van der Waals surface area (Å²) in [5, 5.41) is 4.09. The SMILES string of the molecule is Cc1nc(C)c(C(C)NC(=O)CCC(C)CCN)s1. The lowest BCUT2D eigenvalue weighted by Gasteiger charge is -2.14. The molecule has 0 aliphatic carbocycles. The zero-order valence-electron chi connectivity index (χ0n) is 12.3. The van der Waals surface area contributed by atoms with E-state index in [2.05, 4.69) is 17.2 Å². The number of hydrogen-bond donors (Lipinski definition) is 2. The molecule has 5 heteroatoms. The summed E-state index contributed by atoms with van der Waals surface area (Å²) in [7, 11) is 0. The minimum Gasteiger partial charge on any atom is -0.349 e. The maximum atomic E-state index is 11.9. The van der Waals surface area contributed by atoms with E-state index in [4.69, 9.17) is 5.73 Å². The van der Waals surface area contributed by atoms with E-state index >= 15 is 0 Å². The van der Waals surface area contributed by atoms with Gasteiger partial charge in [0.1, 0.15) is 0 Å². The van der Waals surface area contributed by atoms with Crippen LogP contribution in [0.1, 0.15) is 54.7 Å². The van der Waals surface area contributed by atoms with Crippen molar-refractivity contribution in [3.8, 4) is 0 Å². The fourth-order valence-electron chi connectivity index (χ4n) is 2.13. The van der Waals surface area contributed by atoms with Gasteiger partial charge in [-0.25, -0.2) is 4.98 Å². The molecule has 0 bridgehead atoms. The molecule has 0 fully saturated rings. The van der Waals surface area contributed by atoms with Gasteiger partial charge in [0.15, 0.2) is 0 Å². The van der Waals surface area contributed by atoms with Crippen molar-refractivity contribution in [2.24, 2.45) is 11.7 Å². The molecule has 0 aliphatic rings. The van der Waals surface area contributed by atoms with Gasteiger partial charge >= 0.3 is 0 Å². The summed E-state index contributed by atoms with van der Waals surface area (Å²) in [6, 6.07) is 0.0449. The van der Waals surface area contributed by atoms with Gasteiger partial charge in [-0.1, -0.05) is 6.92 Å². The average Bonchev–Trinajstić information content (AvgIpc) is 2.66. The van der Waals surface area contributed by atoms with Gasteiger partial charge in [0.05, 0.1) is 16.7 Å². The molecular formula is C14H25N3OS. The molecule has 2 atom stereocenters. The Morgan fingerprint density at radius 2 is 2.05 bits per heavy atom. The number of thiazole rings is 1. The number of hydrogen-bond acceptors (Lipinski definition) is 4. The number of aromatic nitrogens is 1. The van der Waals surface area contributed by atoms with Crippen LogP contribution in [0, 0.1) is 19.8 Å². The van der Waals surface area contributed by atoms with Crippen LogP contribution in [0.2, 0.25) is 0 Å². The number of aryl methyl sites for hydroxylation is 2. The standard InChI is InChI=1S/C14H25N3OS/c1-9(7-8-15)5-6-13(18)17-11(3)14-10(2)16-12(4)19-14/h9,11H,5-8,15H2,1-4H3,(H,17,18). The van der Waals surface area contributed by atoms with Crippen molar-refractivity contribution >= 4 is 17.2 Å². The minimum atomic E-state index is 0.0449. The van der Waals surface area contributed by atoms with Gasteiger partial charge in [-0.05, 0) is 46.1 Å². The second-order valence-electron chi connectivity index (χ2n) is 5.19. The van der Waals surface area contributed by atoms with Crippen LogP contribution in [-0.2, 0) is 4.79 Å². The Bertz CT molecular complexity index is 417.